The van der Waals surface area contributed by atoms with E-state index in [0.717, 1.165) is 30.4 Å². The minimum absolute atomic E-state index is 0.00188. The number of rotatable bonds is 8. The Labute approximate surface area is 166 Å². The van der Waals surface area contributed by atoms with E-state index in [-0.39, 0.29) is 28.7 Å². The highest BCUT2D eigenvalue weighted by molar-refractivity contribution is 5.53. The van der Waals surface area contributed by atoms with Crippen LogP contribution in [0.3, 0.4) is 0 Å². The molecule has 2 atom stereocenters. The summed E-state index contributed by atoms with van der Waals surface area (Å²) in [6.07, 6.45) is 10.2. The van der Waals surface area contributed by atoms with Crippen LogP contribution in [-0.2, 0) is 5.41 Å². The fraction of sp³-hybridized carbons (Fsp3) is 0.600. The number of phenolic OH excluding ortho intramolecular Hbond substituents is 2. The molecule has 0 amide bonds. The lowest BCUT2D eigenvalue weighted by Gasteiger charge is -2.32. The van der Waals surface area contributed by atoms with Gasteiger partial charge in [0, 0.05) is 11.5 Å². The molecule has 1 aromatic carbocycles. The summed E-state index contributed by atoms with van der Waals surface area (Å²) in [7, 11) is 0. The van der Waals surface area contributed by atoms with Crippen LogP contribution in [0.1, 0.15) is 96.6 Å². The normalized spacial score (nSPS) is 20.4. The molecule has 0 radical (unpaired) electrons. The van der Waals surface area contributed by atoms with Crippen LogP contribution in [0.15, 0.2) is 35.9 Å². The SMILES string of the molecule is C=C(C)[C@H]1CCC(C)=C[C@@H]1c1c(O)cc(C(C)(C)CCCCCC)cc1O. The van der Waals surface area contributed by atoms with Gasteiger partial charge in [0.25, 0.3) is 0 Å². The van der Waals surface area contributed by atoms with Crippen LogP contribution in [0, 0.1) is 5.92 Å². The van der Waals surface area contributed by atoms with Crippen molar-refractivity contribution >= 4 is 0 Å². The van der Waals surface area contributed by atoms with Crippen molar-refractivity contribution in [3.8, 4) is 11.5 Å². The Bertz CT molecular complexity index is 673. The summed E-state index contributed by atoms with van der Waals surface area (Å²) in [5, 5.41) is 21.7. The van der Waals surface area contributed by atoms with Gasteiger partial charge in [0.05, 0.1) is 0 Å². The van der Waals surface area contributed by atoms with E-state index in [1.807, 2.05) is 19.1 Å². The molecule has 2 rings (SSSR count). The van der Waals surface area contributed by atoms with Crippen LogP contribution in [-0.4, -0.2) is 10.2 Å². The molecule has 0 unspecified atom stereocenters. The summed E-state index contributed by atoms with van der Waals surface area (Å²) in [5.74, 6) is 0.694. The average Bonchev–Trinajstić information content (AvgIpc) is 2.58. The molecule has 150 valence electrons. The summed E-state index contributed by atoms with van der Waals surface area (Å²) in [4.78, 5) is 0. The van der Waals surface area contributed by atoms with E-state index in [1.54, 1.807) is 0 Å². The molecule has 0 saturated carbocycles. The molecule has 0 saturated heterocycles. The number of hydrogen-bond acceptors (Lipinski definition) is 2. The zero-order valence-electron chi connectivity index (χ0n) is 17.9. The van der Waals surface area contributed by atoms with E-state index >= 15 is 0 Å². The molecule has 0 fully saturated rings. The Balaban J connectivity index is 2.33. The van der Waals surface area contributed by atoms with Crippen molar-refractivity contribution in [2.45, 2.75) is 90.9 Å². The molecule has 2 N–H and O–H groups in total. The quantitative estimate of drug-likeness (QED) is 0.370. The highest BCUT2D eigenvalue weighted by Gasteiger charge is 2.31. The fourth-order valence-electron chi connectivity index (χ4n) is 4.40. The number of unbranched alkanes of at least 4 members (excludes halogenated alkanes) is 3. The molecule has 1 aromatic rings. The number of phenols is 2. The van der Waals surface area contributed by atoms with Crippen LogP contribution in [0.2, 0.25) is 0 Å². The maximum atomic E-state index is 10.9. The third kappa shape index (κ3) is 5.18. The zero-order chi connectivity index (χ0) is 20.2. The van der Waals surface area contributed by atoms with Crippen molar-refractivity contribution in [3.63, 3.8) is 0 Å². The lowest BCUT2D eigenvalue weighted by molar-refractivity contribution is 0.397. The predicted molar refractivity (Wildman–Crippen MR) is 116 cm³/mol. The van der Waals surface area contributed by atoms with Crippen molar-refractivity contribution in [2.24, 2.45) is 5.92 Å². The number of benzene rings is 1. The first kappa shape index (κ1) is 21.6. The molecule has 1 aliphatic rings. The first-order valence-corrected chi connectivity index (χ1v) is 10.6. The van der Waals surface area contributed by atoms with Crippen molar-refractivity contribution in [1.29, 1.82) is 0 Å². The topological polar surface area (TPSA) is 40.5 Å². The largest absolute Gasteiger partial charge is 0.507 e. The Morgan fingerprint density at radius 2 is 1.78 bits per heavy atom. The maximum Gasteiger partial charge on any atom is 0.123 e. The molecular weight excluding hydrogens is 332 g/mol. The standard InChI is InChI=1S/C25H38O2/c1-7-8-9-10-13-25(5,6)19-15-22(26)24(23(27)16-19)21-14-18(4)11-12-20(21)17(2)3/h14-16,20-21,26-27H,2,7-13H2,1,3-6H3/t20-,21+/m1/s1. The van der Waals surface area contributed by atoms with E-state index in [4.69, 9.17) is 0 Å². The van der Waals surface area contributed by atoms with Gasteiger partial charge in [-0.3, -0.25) is 0 Å². The average molecular weight is 371 g/mol. The summed E-state index contributed by atoms with van der Waals surface area (Å²) < 4.78 is 0. The molecule has 2 nitrogen and oxygen atoms in total. The van der Waals surface area contributed by atoms with E-state index in [9.17, 15) is 10.2 Å². The molecule has 1 aliphatic carbocycles. The molecule has 0 spiro atoms. The van der Waals surface area contributed by atoms with E-state index < -0.39 is 0 Å². The van der Waals surface area contributed by atoms with Crippen LogP contribution in [0.4, 0.5) is 0 Å². The monoisotopic (exact) mass is 370 g/mol. The lowest BCUT2D eigenvalue weighted by atomic mass is 9.72. The van der Waals surface area contributed by atoms with Gasteiger partial charge in [0.15, 0.2) is 0 Å². The Kier molecular flexibility index (Phi) is 7.19. The molecule has 0 bridgehead atoms. The second-order valence-corrected chi connectivity index (χ2v) is 9.15. The molecule has 27 heavy (non-hydrogen) atoms. The van der Waals surface area contributed by atoms with Gasteiger partial charge in [-0.15, -0.1) is 0 Å². The maximum absolute atomic E-state index is 10.9. The van der Waals surface area contributed by atoms with Crippen LogP contribution >= 0.6 is 0 Å². The second-order valence-electron chi connectivity index (χ2n) is 9.15. The number of allylic oxidation sites excluding steroid dienone is 3. The third-order valence-electron chi connectivity index (χ3n) is 6.29. The van der Waals surface area contributed by atoms with Crippen molar-refractivity contribution in [1.82, 2.24) is 0 Å². The summed E-state index contributed by atoms with van der Waals surface area (Å²) in [6.45, 7) is 15.0. The Morgan fingerprint density at radius 3 is 2.33 bits per heavy atom. The van der Waals surface area contributed by atoms with Gasteiger partial charge in [0.1, 0.15) is 11.5 Å². The second kappa shape index (κ2) is 8.99. The van der Waals surface area contributed by atoms with Gasteiger partial charge in [-0.1, -0.05) is 70.3 Å². The van der Waals surface area contributed by atoms with E-state index in [2.05, 4.69) is 40.3 Å². The molecular formula is C25H38O2. The number of aromatic hydroxyl groups is 2. The third-order valence-corrected chi connectivity index (χ3v) is 6.29. The highest BCUT2D eigenvalue weighted by Crippen LogP contribution is 2.47. The first-order valence-electron chi connectivity index (χ1n) is 10.6. The summed E-state index contributed by atoms with van der Waals surface area (Å²) >= 11 is 0. The van der Waals surface area contributed by atoms with Gasteiger partial charge < -0.3 is 10.2 Å². The van der Waals surface area contributed by atoms with Gasteiger partial charge in [0.2, 0.25) is 0 Å². The van der Waals surface area contributed by atoms with Gasteiger partial charge in [-0.05, 0) is 62.1 Å². The minimum Gasteiger partial charge on any atom is -0.507 e. The summed E-state index contributed by atoms with van der Waals surface area (Å²) in [5.41, 5.74) is 4.04. The molecule has 0 aliphatic heterocycles. The zero-order valence-corrected chi connectivity index (χ0v) is 17.9. The van der Waals surface area contributed by atoms with Crippen molar-refractivity contribution in [2.75, 3.05) is 0 Å². The van der Waals surface area contributed by atoms with Crippen LogP contribution in [0.5, 0.6) is 11.5 Å². The molecule has 0 heterocycles. The van der Waals surface area contributed by atoms with Crippen LogP contribution < -0.4 is 0 Å². The van der Waals surface area contributed by atoms with Gasteiger partial charge >= 0.3 is 0 Å². The van der Waals surface area contributed by atoms with E-state index in [1.165, 1.54) is 31.3 Å². The van der Waals surface area contributed by atoms with Crippen molar-refractivity contribution < 1.29 is 10.2 Å². The fourth-order valence-corrected chi connectivity index (χ4v) is 4.40. The molecule has 0 aromatic heterocycles. The Morgan fingerprint density at radius 1 is 1.15 bits per heavy atom. The number of hydrogen-bond donors (Lipinski definition) is 2. The Hall–Kier alpha value is -1.70. The van der Waals surface area contributed by atoms with Crippen molar-refractivity contribution in [3.05, 3.63) is 47.1 Å². The summed E-state index contributed by atoms with van der Waals surface area (Å²) in [6, 6.07) is 3.75. The predicted octanol–water partition coefficient (Wildman–Crippen LogP) is 7.36. The lowest BCUT2D eigenvalue weighted by Crippen LogP contribution is -2.19. The first-order chi connectivity index (χ1) is 12.7. The van der Waals surface area contributed by atoms with Gasteiger partial charge in [-0.25, -0.2) is 0 Å². The van der Waals surface area contributed by atoms with Crippen LogP contribution in [0.25, 0.3) is 0 Å². The highest BCUT2D eigenvalue weighted by atomic mass is 16.3. The minimum atomic E-state index is -0.0622. The smallest absolute Gasteiger partial charge is 0.123 e. The van der Waals surface area contributed by atoms with E-state index in [0.29, 0.717) is 5.56 Å². The van der Waals surface area contributed by atoms with Gasteiger partial charge in [-0.2, -0.15) is 0 Å². The molecule has 2 heteroatoms.